The minimum atomic E-state index is -2.37. The van der Waals surface area contributed by atoms with Gasteiger partial charge in [-0.25, -0.2) is 0 Å². The van der Waals surface area contributed by atoms with Gasteiger partial charge in [0.2, 0.25) is 0 Å². The number of aryl methyl sites for hydroxylation is 5. The summed E-state index contributed by atoms with van der Waals surface area (Å²) in [6.45, 7) is 11.1. The van der Waals surface area contributed by atoms with Gasteiger partial charge in [0, 0.05) is 0 Å². The third kappa shape index (κ3) is 14.5. The Morgan fingerprint density at radius 1 is 0.113 bits per heavy atom. The summed E-state index contributed by atoms with van der Waals surface area (Å²) in [4.78, 5) is 0. The van der Waals surface area contributed by atoms with Gasteiger partial charge in [0.15, 0.2) is 40.4 Å². The van der Waals surface area contributed by atoms with Crippen LogP contribution in [-0.2, 0) is 0 Å². The molecule has 5 aliphatic rings. The second-order valence-electron chi connectivity index (χ2n) is 41.1. The molecule has 0 bridgehead atoms. The van der Waals surface area contributed by atoms with Crippen LogP contribution < -0.4 is 104 Å². The summed E-state index contributed by atoms with van der Waals surface area (Å²) in [6, 6.07) is 215. The lowest BCUT2D eigenvalue weighted by Gasteiger charge is -2.31. The Morgan fingerprint density at radius 3 is 0.733 bits per heavy atom. The number of hydrogen-bond acceptors (Lipinski definition) is 0. The number of benzene rings is 25. The molecule has 0 amide bonds. The molecule has 5 aliphatic heterocycles. The summed E-state index contributed by atoms with van der Waals surface area (Å²) in [7, 11) is -11.8. The highest BCUT2D eigenvalue weighted by molar-refractivity contribution is 7.25. The lowest BCUT2D eigenvalue weighted by Crippen LogP contribution is -2.72. The average molecular weight is 1990 g/mol. The van der Waals surface area contributed by atoms with Crippen molar-refractivity contribution < 1.29 is 0 Å². The van der Waals surface area contributed by atoms with E-state index in [1.54, 1.807) is 0 Å². The van der Waals surface area contributed by atoms with Gasteiger partial charge in [-0.1, -0.05) is 593 Å². The van der Waals surface area contributed by atoms with Crippen molar-refractivity contribution in [3.63, 3.8) is 0 Å². The van der Waals surface area contributed by atoms with Crippen molar-refractivity contribution in [1.82, 2.24) is 0 Å². The molecule has 0 aromatic heterocycles. The lowest BCUT2D eigenvalue weighted by atomic mass is 9.96. The summed E-state index contributed by atoms with van der Waals surface area (Å²) in [6.07, 6.45) is 0. The second kappa shape index (κ2) is 38.3. The lowest BCUT2D eigenvalue weighted by molar-refractivity contribution is 1.49. The van der Waals surface area contributed by atoms with E-state index >= 15 is 0 Å². The molecule has 25 aromatic carbocycles. The molecule has 5 heteroatoms. The topological polar surface area (TPSA) is 0 Å². The predicted molar refractivity (Wildman–Crippen MR) is 656 cm³/mol. The highest BCUT2D eigenvalue weighted by atomic mass is 28.3. The van der Waals surface area contributed by atoms with E-state index in [9.17, 15) is 0 Å². The second-order valence-corrected chi connectivity index (χ2v) is 59.8. The van der Waals surface area contributed by atoms with Crippen LogP contribution in [0.2, 0.25) is 0 Å². The summed E-state index contributed by atoms with van der Waals surface area (Å²) in [5.74, 6) is 0. The third-order valence-corrected chi connectivity index (χ3v) is 57.5. The molecular weight excluding hydrogens is 1880 g/mol. The minimum absolute atomic E-state index is 1.31. The van der Waals surface area contributed by atoms with Crippen LogP contribution in [0, 0.1) is 34.6 Å². The van der Waals surface area contributed by atoms with Crippen molar-refractivity contribution >= 4 is 198 Å². The normalized spacial score (nSPS) is 13.8. The maximum atomic E-state index is 2.49. The van der Waals surface area contributed by atoms with E-state index in [0.29, 0.717) is 0 Å². The van der Waals surface area contributed by atoms with Gasteiger partial charge in [-0.05, 0) is 259 Å². The first-order valence-corrected chi connectivity index (χ1v) is 62.7. The Morgan fingerprint density at radius 2 is 0.340 bits per heavy atom. The first-order valence-electron chi connectivity index (χ1n) is 52.7. The molecule has 0 radical (unpaired) electrons. The molecule has 0 N–H and O–H groups in total. The Bertz CT molecular complexity index is 9100. The van der Waals surface area contributed by atoms with Crippen LogP contribution in [0.1, 0.15) is 27.8 Å². The Kier molecular flexibility index (Phi) is 23.7. The molecule has 25 aromatic rings. The third-order valence-electron chi connectivity index (χ3n) is 33.2. The predicted octanol–water partition coefficient (Wildman–Crippen LogP) is 22.5. The minimum Gasteiger partial charge on any atom is -0.0623 e. The van der Waals surface area contributed by atoms with Crippen LogP contribution in [0.5, 0.6) is 0 Å². The maximum Gasteiger partial charge on any atom is 0.180 e. The highest BCUT2D eigenvalue weighted by Gasteiger charge is 2.55. The molecular formula is C145H110Si5. The molecule has 710 valence electrons. The monoisotopic (exact) mass is 1990 g/mol. The summed E-state index contributed by atoms with van der Waals surface area (Å²) in [5.41, 5.74) is 20.9. The zero-order valence-electron chi connectivity index (χ0n) is 84.8. The standard InChI is InChI=1S/5C29H22Si/c1-21-11-10-17-25-24(21)19-20-28-29(25)26-16-8-9-18-27(26)30(28,22-12-4-2-5-13-22)23-14-6-3-7-15-23;1-21-20-28-29(25-17-9-8-16-24(21)25)26-18-10-11-19-27(26)30(28,22-12-4-2-5-13-22)23-14-6-3-7-15-23;1-21-16-18-27-26(20-21)29-25-15-9-8-10-22(25)17-19-28(29)30(27,23-11-4-2-5-12-23)24-13-6-3-7-14-24;1-21-16-18-25-22(20-21)17-19-28-29(25)26-14-8-9-15-27(26)30(28,23-10-4-2-5-11-23)24-12-6-3-7-13-24;1-21-16-17-22-18-19-28-29(26(22)20-21)25-14-8-9-15-27(25)30(28,23-10-4-2-5-11-23)24-12-6-3-7-13-24/h5*2-20H,1H3. The highest BCUT2D eigenvalue weighted by Crippen LogP contribution is 2.43. The van der Waals surface area contributed by atoms with Crippen molar-refractivity contribution in [2.75, 3.05) is 0 Å². The molecule has 0 aliphatic carbocycles. The van der Waals surface area contributed by atoms with E-state index in [4.69, 9.17) is 0 Å². The van der Waals surface area contributed by atoms with Crippen molar-refractivity contribution in [2.45, 2.75) is 34.6 Å². The van der Waals surface area contributed by atoms with E-state index < -0.39 is 40.4 Å². The molecule has 0 saturated heterocycles. The largest absolute Gasteiger partial charge is 0.180 e. The smallest absolute Gasteiger partial charge is 0.0623 e. The van der Waals surface area contributed by atoms with Crippen molar-refractivity contribution in [2.24, 2.45) is 0 Å². The summed E-state index contributed by atoms with van der Waals surface area (Å²) >= 11 is 0. The fourth-order valence-electron chi connectivity index (χ4n) is 27.1. The zero-order valence-corrected chi connectivity index (χ0v) is 89.8. The average Bonchev–Trinajstić information content (AvgIpc) is 1.54. The van der Waals surface area contributed by atoms with Gasteiger partial charge in [0.1, 0.15) is 0 Å². The molecule has 0 nitrogen and oxygen atoms in total. The number of rotatable bonds is 10. The van der Waals surface area contributed by atoms with Gasteiger partial charge in [-0.15, -0.1) is 0 Å². The van der Waals surface area contributed by atoms with E-state index in [2.05, 4.69) is 611 Å². The van der Waals surface area contributed by atoms with Crippen LogP contribution in [0.15, 0.2) is 576 Å². The first-order chi connectivity index (χ1) is 74.0. The Labute approximate surface area is 885 Å². The zero-order chi connectivity index (χ0) is 101. The van der Waals surface area contributed by atoms with Crippen LogP contribution in [0.4, 0.5) is 0 Å². The van der Waals surface area contributed by atoms with Crippen LogP contribution in [0.25, 0.3) is 109 Å². The van der Waals surface area contributed by atoms with Gasteiger partial charge >= 0.3 is 0 Å². The summed E-state index contributed by atoms with van der Waals surface area (Å²) in [5, 5.41) is 43.2. The van der Waals surface area contributed by atoms with E-state index in [0.717, 1.165) is 0 Å². The quantitative estimate of drug-likeness (QED) is 0.120. The van der Waals surface area contributed by atoms with Gasteiger partial charge in [-0.3, -0.25) is 0 Å². The molecule has 0 spiro atoms. The van der Waals surface area contributed by atoms with Crippen molar-refractivity contribution in [3.05, 3.63) is 604 Å². The number of hydrogen-bond donors (Lipinski definition) is 0. The van der Waals surface area contributed by atoms with E-state index in [1.165, 1.54) is 241 Å². The molecule has 150 heavy (non-hydrogen) atoms. The van der Waals surface area contributed by atoms with Crippen molar-refractivity contribution in [1.29, 1.82) is 0 Å². The van der Waals surface area contributed by atoms with Gasteiger partial charge < -0.3 is 0 Å². The Balaban J connectivity index is 0.0000000945. The fraction of sp³-hybridized carbons (Fsp3) is 0.0345. The fourth-order valence-corrected chi connectivity index (χ4v) is 53.1. The van der Waals surface area contributed by atoms with Crippen LogP contribution in [-0.4, -0.2) is 40.4 Å². The maximum absolute atomic E-state index is 2.49. The van der Waals surface area contributed by atoms with E-state index in [-0.39, 0.29) is 0 Å². The molecule has 5 heterocycles. The molecule has 0 fully saturated rings. The molecule has 0 atom stereocenters. The van der Waals surface area contributed by atoms with Gasteiger partial charge in [-0.2, -0.15) is 0 Å². The SMILES string of the molecule is Cc1cc2c(c3ccccc13)-c1ccccc1[Si]2(c1ccccc1)c1ccccc1.Cc1ccc2c(c1)-c1c(ccc3ccccc13)[Si]2(c1ccccc1)c1ccccc1.Cc1ccc2c3c(ccc2c1)[Si](c1ccccc1)(c1ccccc1)c1ccccc1-3.Cc1ccc2ccc3c(c2c1)-c1ccccc1[Si]3(c1ccccc1)c1ccccc1.Cc1cccc2c3c(ccc12)[Si](c1ccccc1)(c1ccccc1)c1ccccc1-3. The van der Waals surface area contributed by atoms with E-state index in [1.807, 2.05) is 0 Å². The van der Waals surface area contributed by atoms with Crippen molar-refractivity contribution in [3.8, 4) is 55.6 Å². The van der Waals surface area contributed by atoms with Crippen LogP contribution in [0.3, 0.4) is 0 Å². The molecule has 0 saturated carbocycles. The van der Waals surface area contributed by atoms with Crippen LogP contribution >= 0.6 is 0 Å². The molecule has 0 unspecified atom stereocenters. The number of fused-ring (bicyclic) bond motifs is 25. The molecule has 30 rings (SSSR count). The Hall–Kier alpha value is -17.1. The summed E-state index contributed by atoms with van der Waals surface area (Å²) < 4.78 is 0. The van der Waals surface area contributed by atoms with Gasteiger partial charge in [0.25, 0.3) is 0 Å². The van der Waals surface area contributed by atoms with Gasteiger partial charge in [0.05, 0.1) is 0 Å². The first kappa shape index (κ1) is 92.7.